The van der Waals surface area contributed by atoms with Gasteiger partial charge in [0, 0.05) is 5.56 Å². The molecule has 0 saturated carbocycles. The summed E-state index contributed by atoms with van der Waals surface area (Å²) in [5.74, 6) is 0.802. The van der Waals surface area contributed by atoms with Gasteiger partial charge in [-0.15, -0.1) is 0 Å². The lowest BCUT2D eigenvalue weighted by Gasteiger charge is -2.21. The van der Waals surface area contributed by atoms with Gasteiger partial charge in [0.05, 0.1) is 18.0 Å². The Hall–Kier alpha value is -2.38. The van der Waals surface area contributed by atoms with Crippen molar-refractivity contribution in [2.24, 2.45) is 5.92 Å². The largest absolute Gasteiger partial charge is 0.497 e. The fourth-order valence-electron chi connectivity index (χ4n) is 2.75. The molecular weight excluding hydrogens is 364 g/mol. The molecule has 0 unspecified atom stereocenters. The molecule has 0 spiro atoms. The minimum atomic E-state index is -3.61. The van der Waals surface area contributed by atoms with Crippen molar-refractivity contribution in [3.63, 3.8) is 0 Å². The van der Waals surface area contributed by atoms with Crippen LogP contribution >= 0.6 is 0 Å². The van der Waals surface area contributed by atoms with Crippen molar-refractivity contribution in [2.75, 3.05) is 14.2 Å². The van der Waals surface area contributed by atoms with E-state index in [0.29, 0.717) is 11.5 Å². The van der Waals surface area contributed by atoms with Crippen molar-refractivity contribution in [2.45, 2.75) is 31.2 Å². The first-order chi connectivity index (χ1) is 12.8. The monoisotopic (exact) mass is 390 g/mol. The highest BCUT2D eigenvalue weighted by Crippen LogP contribution is 2.24. The van der Waals surface area contributed by atoms with E-state index >= 15 is 0 Å². The first-order valence-corrected chi connectivity index (χ1v) is 10.2. The van der Waals surface area contributed by atoms with Gasteiger partial charge in [-0.1, -0.05) is 32.0 Å². The highest BCUT2D eigenvalue weighted by molar-refractivity contribution is 7.89. The summed E-state index contributed by atoms with van der Waals surface area (Å²) in [5.41, 5.74) is 1.27. The van der Waals surface area contributed by atoms with Gasteiger partial charge < -0.3 is 10.1 Å². The minimum absolute atomic E-state index is 0.0579. The van der Waals surface area contributed by atoms with Crippen LogP contribution < -0.4 is 14.8 Å². The normalized spacial score (nSPS) is 12.6. The maximum absolute atomic E-state index is 12.7. The number of carbonyl (C=O) groups excluding carboxylic acids is 1. The fraction of sp³-hybridized carbons (Fsp3) is 0.350. The molecule has 2 aromatic carbocycles. The number of benzene rings is 2. The number of rotatable bonds is 8. The van der Waals surface area contributed by atoms with Gasteiger partial charge in [-0.05, 0) is 55.3 Å². The Balaban J connectivity index is 2.26. The molecule has 146 valence electrons. The van der Waals surface area contributed by atoms with Crippen molar-refractivity contribution in [1.29, 1.82) is 0 Å². The third-order valence-corrected chi connectivity index (χ3v) is 5.62. The van der Waals surface area contributed by atoms with Crippen LogP contribution in [0.3, 0.4) is 0 Å². The molecule has 7 heteroatoms. The molecule has 0 bridgehead atoms. The Labute approximate surface area is 161 Å². The highest BCUT2D eigenvalue weighted by Gasteiger charge is 2.19. The van der Waals surface area contributed by atoms with Crippen LogP contribution in [0, 0.1) is 5.92 Å². The quantitative estimate of drug-likeness (QED) is 0.725. The lowest BCUT2D eigenvalue weighted by atomic mass is 9.96. The van der Waals surface area contributed by atoms with E-state index in [1.54, 1.807) is 19.2 Å². The molecule has 6 nitrogen and oxygen atoms in total. The van der Waals surface area contributed by atoms with Crippen LogP contribution in [0.5, 0.6) is 5.75 Å². The molecule has 2 rings (SSSR count). The molecule has 0 aliphatic heterocycles. The second-order valence-corrected chi connectivity index (χ2v) is 8.55. The molecule has 0 aromatic heterocycles. The molecule has 1 atom stereocenters. The zero-order valence-corrected chi connectivity index (χ0v) is 16.8. The fourth-order valence-corrected chi connectivity index (χ4v) is 3.53. The highest BCUT2D eigenvalue weighted by atomic mass is 32.2. The van der Waals surface area contributed by atoms with Crippen LogP contribution in [0.4, 0.5) is 0 Å². The van der Waals surface area contributed by atoms with Crippen LogP contribution in [-0.2, 0) is 10.0 Å². The first kappa shape index (κ1) is 20.9. The average molecular weight is 391 g/mol. The average Bonchev–Trinajstić information content (AvgIpc) is 2.67. The van der Waals surface area contributed by atoms with Crippen LogP contribution in [0.25, 0.3) is 0 Å². The first-order valence-electron chi connectivity index (χ1n) is 8.75. The molecule has 27 heavy (non-hydrogen) atoms. The van der Waals surface area contributed by atoms with E-state index in [0.717, 1.165) is 17.7 Å². The molecular formula is C20H26N2O4S. The third kappa shape index (κ3) is 5.55. The van der Waals surface area contributed by atoms with Gasteiger partial charge in [-0.3, -0.25) is 4.79 Å². The predicted octanol–water partition coefficient (Wildman–Crippen LogP) is 3.12. The second kappa shape index (κ2) is 9.01. The van der Waals surface area contributed by atoms with Crippen molar-refractivity contribution in [3.05, 3.63) is 59.7 Å². The summed E-state index contributed by atoms with van der Waals surface area (Å²) in [4.78, 5) is 12.8. The Morgan fingerprint density at radius 3 is 2.33 bits per heavy atom. The van der Waals surface area contributed by atoms with E-state index in [9.17, 15) is 13.2 Å². The van der Waals surface area contributed by atoms with Crippen molar-refractivity contribution < 1.29 is 17.9 Å². The number of amides is 1. The van der Waals surface area contributed by atoms with Gasteiger partial charge in [-0.2, -0.15) is 0 Å². The topological polar surface area (TPSA) is 84.5 Å². The van der Waals surface area contributed by atoms with Gasteiger partial charge >= 0.3 is 0 Å². The Kier molecular flexibility index (Phi) is 6.98. The van der Waals surface area contributed by atoms with E-state index in [2.05, 4.69) is 23.9 Å². The lowest BCUT2D eigenvalue weighted by Crippen LogP contribution is -2.30. The second-order valence-electron chi connectivity index (χ2n) is 6.66. The summed E-state index contributed by atoms with van der Waals surface area (Å²) in [6, 6.07) is 13.4. The van der Waals surface area contributed by atoms with Crippen LogP contribution in [0.15, 0.2) is 53.4 Å². The molecule has 0 saturated heterocycles. The van der Waals surface area contributed by atoms with Gasteiger partial charge in [0.2, 0.25) is 10.0 Å². The number of ether oxygens (including phenoxy) is 1. The molecule has 1 amide bonds. The number of hydrogen-bond donors (Lipinski definition) is 2. The smallest absolute Gasteiger partial charge is 0.251 e. The van der Waals surface area contributed by atoms with Crippen molar-refractivity contribution in [3.8, 4) is 5.75 Å². The number of sulfonamides is 1. The number of nitrogens with one attached hydrogen (secondary N) is 2. The van der Waals surface area contributed by atoms with Gasteiger partial charge in [0.1, 0.15) is 5.75 Å². The maximum atomic E-state index is 12.7. The Bertz CT molecular complexity index is 877. The molecule has 0 heterocycles. The van der Waals surface area contributed by atoms with E-state index in [-0.39, 0.29) is 16.8 Å². The van der Waals surface area contributed by atoms with E-state index in [1.165, 1.54) is 19.2 Å². The molecule has 0 aliphatic carbocycles. The predicted molar refractivity (Wildman–Crippen MR) is 105 cm³/mol. The lowest BCUT2D eigenvalue weighted by molar-refractivity contribution is 0.0931. The van der Waals surface area contributed by atoms with Gasteiger partial charge in [0.25, 0.3) is 5.91 Å². The van der Waals surface area contributed by atoms with Gasteiger partial charge in [0.15, 0.2) is 0 Å². The van der Waals surface area contributed by atoms with Crippen molar-refractivity contribution in [1.82, 2.24) is 10.0 Å². The van der Waals surface area contributed by atoms with E-state index < -0.39 is 10.0 Å². The summed E-state index contributed by atoms with van der Waals surface area (Å²) in [7, 11) is -0.662. The minimum Gasteiger partial charge on any atom is -0.497 e. The van der Waals surface area contributed by atoms with E-state index in [1.807, 2.05) is 24.3 Å². The summed E-state index contributed by atoms with van der Waals surface area (Å²) in [6.07, 6.45) is 0.757. The standard InChI is InChI=1S/C20H26N2O4S/c1-14(2)12-19(15-8-10-17(26-4)11-9-15)22-20(23)16-6-5-7-18(13-16)27(24,25)21-3/h5-11,13-14,19,21H,12H2,1-4H3,(H,22,23)/t19-/m0/s1. The molecule has 2 aromatic rings. The Morgan fingerprint density at radius 2 is 1.78 bits per heavy atom. The van der Waals surface area contributed by atoms with Gasteiger partial charge in [-0.25, -0.2) is 13.1 Å². The van der Waals surface area contributed by atoms with Crippen LogP contribution in [0.1, 0.15) is 42.2 Å². The molecule has 2 N–H and O–H groups in total. The van der Waals surface area contributed by atoms with E-state index in [4.69, 9.17) is 4.74 Å². The zero-order valence-electron chi connectivity index (χ0n) is 16.0. The summed E-state index contributed by atoms with van der Waals surface area (Å²) >= 11 is 0. The SMILES string of the molecule is CNS(=O)(=O)c1cccc(C(=O)N[C@@H](CC(C)C)c2ccc(OC)cc2)c1. The van der Waals surface area contributed by atoms with Crippen LogP contribution in [-0.4, -0.2) is 28.5 Å². The number of methoxy groups -OCH3 is 1. The summed E-state index contributed by atoms with van der Waals surface area (Å²) in [6.45, 7) is 4.17. The summed E-state index contributed by atoms with van der Waals surface area (Å²) < 4.78 is 31.4. The maximum Gasteiger partial charge on any atom is 0.251 e. The number of hydrogen-bond acceptors (Lipinski definition) is 4. The zero-order chi connectivity index (χ0) is 20.0. The molecule has 0 fully saturated rings. The molecule has 0 aliphatic rings. The number of carbonyl (C=O) groups is 1. The third-order valence-electron chi connectivity index (χ3n) is 4.21. The molecule has 0 radical (unpaired) electrons. The van der Waals surface area contributed by atoms with Crippen molar-refractivity contribution >= 4 is 15.9 Å². The summed E-state index contributed by atoms with van der Waals surface area (Å²) in [5, 5.41) is 3.02. The van der Waals surface area contributed by atoms with Crippen LogP contribution in [0.2, 0.25) is 0 Å². The Morgan fingerprint density at radius 1 is 1.11 bits per heavy atom.